The topological polar surface area (TPSA) is 66.4 Å². The van der Waals surface area contributed by atoms with Crippen LogP contribution in [-0.4, -0.2) is 22.4 Å². The van der Waals surface area contributed by atoms with Crippen molar-refractivity contribution in [3.63, 3.8) is 0 Å². The van der Waals surface area contributed by atoms with Crippen LogP contribution in [0.2, 0.25) is 0 Å². The Morgan fingerprint density at radius 2 is 1.70 bits per heavy atom. The van der Waals surface area contributed by atoms with Gasteiger partial charge in [0.2, 0.25) is 11.4 Å². The molecular weight excluding hydrogens is 254 g/mol. The van der Waals surface area contributed by atoms with Crippen LogP contribution >= 0.6 is 0 Å². The molecule has 0 saturated heterocycles. The van der Waals surface area contributed by atoms with E-state index >= 15 is 0 Å². The minimum absolute atomic E-state index is 0.0146. The number of ketones is 1. The van der Waals surface area contributed by atoms with Gasteiger partial charge in [-0.2, -0.15) is 0 Å². The van der Waals surface area contributed by atoms with Crippen LogP contribution < -0.4 is 5.32 Å². The number of para-hydroxylation sites is 1. The SMILES string of the molecule is O=C(Nc1ccccc1)C1(O)Cc2ccccc2C1=O. The van der Waals surface area contributed by atoms with Gasteiger partial charge in [-0.25, -0.2) is 0 Å². The average Bonchev–Trinajstić information content (AvgIpc) is 2.73. The third kappa shape index (κ3) is 1.90. The first kappa shape index (κ1) is 12.6. The van der Waals surface area contributed by atoms with E-state index < -0.39 is 17.3 Å². The highest BCUT2D eigenvalue weighted by Crippen LogP contribution is 2.31. The molecule has 0 heterocycles. The molecule has 0 spiro atoms. The van der Waals surface area contributed by atoms with Gasteiger partial charge in [0.1, 0.15) is 0 Å². The molecule has 1 amide bonds. The summed E-state index contributed by atoms with van der Waals surface area (Å²) in [6, 6.07) is 15.6. The molecule has 0 fully saturated rings. The average molecular weight is 267 g/mol. The minimum atomic E-state index is -2.01. The highest BCUT2D eigenvalue weighted by atomic mass is 16.3. The number of rotatable bonds is 2. The zero-order valence-electron chi connectivity index (χ0n) is 10.7. The summed E-state index contributed by atoms with van der Waals surface area (Å²) in [6.07, 6.45) is 0.0146. The van der Waals surface area contributed by atoms with Crippen LogP contribution in [0.15, 0.2) is 54.6 Å². The molecule has 2 aromatic rings. The maximum absolute atomic E-state index is 12.2. The summed E-state index contributed by atoms with van der Waals surface area (Å²) in [5, 5.41) is 13.0. The van der Waals surface area contributed by atoms with E-state index in [0.717, 1.165) is 0 Å². The molecule has 0 radical (unpaired) electrons. The minimum Gasteiger partial charge on any atom is -0.373 e. The Labute approximate surface area is 116 Å². The van der Waals surface area contributed by atoms with Crippen molar-refractivity contribution < 1.29 is 14.7 Å². The van der Waals surface area contributed by atoms with Crippen LogP contribution in [0.5, 0.6) is 0 Å². The second kappa shape index (κ2) is 4.58. The lowest BCUT2D eigenvalue weighted by atomic mass is 9.98. The number of aliphatic hydroxyl groups is 1. The van der Waals surface area contributed by atoms with Crippen molar-refractivity contribution in [2.24, 2.45) is 0 Å². The number of Topliss-reactive ketones (excluding diaryl/α,β-unsaturated/α-hetero) is 1. The van der Waals surface area contributed by atoms with Gasteiger partial charge in [-0.05, 0) is 17.7 Å². The molecular formula is C16H13NO3. The molecule has 2 aromatic carbocycles. The number of carbonyl (C=O) groups is 2. The number of carbonyl (C=O) groups excluding carboxylic acids is 2. The lowest BCUT2D eigenvalue weighted by Gasteiger charge is -2.19. The van der Waals surface area contributed by atoms with Gasteiger partial charge in [0.25, 0.3) is 5.91 Å². The highest BCUT2D eigenvalue weighted by Gasteiger charge is 2.49. The highest BCUT2D eigenvalue weighted by molar-refractivity contribution is 6.22. The van der Waals surface area contributed by atoms with Crippen molar-refractivity contribution in [3.8, 4) is 0 Å². The number of hydrogen-bond acceptors (Lipinski definition) is 3. The molecule has 1 atom stereocenters. The summed E-state index contributed by atoms with van der Waals surface area (Å²) in [5.74, 6) is -1.23. The molecule has 4 nitrogen and oxygen atoms in total. The first-order valence-electron chi connectivity index (χ1n) is 6.33. The third-order valence-corrected chi connectivity index (χ3v) is 3.49. The van der Waals surface area contributed by atoms with Crippen molar-refractivity contribution in [1.29, 1.82) is 0 Å². The molecule has 2 N–H and O–H groups in total. The quantitative estimate of drug-likeness (QED) is 0.815. The first-order chi connectivity index (χ1) is 9.61. The number of nitrogens with one attached hydrogen (secondary N) is 1. The summed E-state index contributed by atoms with van der Waals surface area (Å²) in [4.78, 5) is 24.5. The van der Waals surface area contributed by atoms with Crippen molar-refractivity contribution in [1.82, 2.24) is 0 Å². The molecule has 0 bridgehead atoms. The number of amides is 1. The molecule has 0 saturated carbocycles. The Hall–Kier alpha value is -2.46. The predicted octanol–water partition coefficient (Wildman–Crippen LogP) is 1.80. The standard InChI is InChI=1S/C16H13NO3/c18-14-13-9-5-4-6-11(13)10-16(14,20)15(19)17-12-7-2-1-3-8-12/h1-9,20H,10H2,(H,17,19). The fraction of sp³-hybridized carbons (Fsp3) is 0.125. The maximum atomic E-state index is 12.2. The second-order valence-corrected chi connectivity index (χ2v) is 4.84. The molecule has 20 heavy (non-hydrogen) atoms. The van der Waals surface area contributed by atoms with Crippen molar-refractivity contribution in [2.45, 2.75) is 12.0 Å². The van der Waals surface area contributed by atoms with E-state index in [1.165, 1.54) is 0 Å². The van der Waals surface area contributed by atoms with Gasteiger partial charge in [-0.15, -0.1) is 0 Å². The molecule has 3 rings (SSSR count). The van der Waals surface area contributed by atoms with E-state index in [9.17, 15) is 14.7 Å². The fourth-order valence-electron chi connectivity index (χ4n) is 2.41. The van der Waals surface area contributed by atoms with Gasteiger partial charge in [-0.3, -0.25) is 9.59 Å². The summed E-state index contributed by atoms with van der Waals surface area (Å²) < 4.78 is 0. The van der Waals surface area contributed by atoms with E-state index in [0.29, 0.717) is 16.8 Å². The second-order valence-electron chi connectivity index (χ2n) is 4.84. The number of fused-ring (bicyclic) bond motifs is 1. The number of benzene rings is 2. The van der Waals surface area contributed by atoms with Crippen LogP contribution in [-0.2, 0) is 11.2 Å². The smallest absolute Gasteiger partial charge is 0.264 e. The fourth-order valence-corrected chi connectivity index (χ4v) is 2.41. The summed E-state index contributed by atoms with van der Waals surface area (Å²) in [5.41, 5.74) is -0.351. The predicted molar refractivity (Wildman–Crippen MR) is 74.5 cm³/mol. The van der Waals surface area contributed by atoms with Crippen molar-refractivity contribution in [3.05, 3.63) is 65.7 Å². The largest absolute Gasteiger partial charge is 0.373 e. The van der Waals surface area contributed by atoms with E-state index in [-0.39, 0.29) is 6.42 Å². The third-order valence-electron chi connectivity index (χ3n) is 3.49. The van der Waals surface area contributed by atoms with E-state index in [2.05, 4.69) is 5.32 Å². The van der Waals surface area contributed by atoms with Crippen LogP contribution in [0.1, 0.15) is 15.9 Å². The molecule has 0 aromatic heterocycles. The van der Waals surface area contributed by atoms with Gasteiger partial charge in [0, 0.05) is 17.7 Å². The van der Waals surface area contributed by atoms with Crippen LogP contribution in [0.4, 0.5) is 5.69 Å². The normalized spacial score (nSPS) is 20.6. The Morgan fingerprint density at radius 1 is 1.05 bits per heavy atom. The molecule has 100 valence electrons. The maximum Gasteiger partial charge on any atom is 0.264 e. The molecule has 1 unspecified atom stereocenters. The molecule has 0 aliphatic heterocycles. The van der Waals surface area contributed by atoms with Gasteiger partial charge >= 0.3 is 0 Å². The summed E-state index contributed by atoms with van der Waals surface area (Å²) in [7, 11) is 0. The van der Waals surface area contributed by atoms with Crippen molar-refractivity contribution >= 4 is 17.4 Å². The summed E-state index contributed by atoms with van der Waals surface area (Å²) in [6.45, 7) is 0. The van der Waals surface area contributed by atoms with E-state index in [1.807, 2.05) is 6.07 Å². The van der Waals surface area contributed by atoms with Crippen LogP contribution in [0.3, 0.4) is 0 Å². The Kier molecular flexibility index (Phi) is 2.88. The Morgan fingerprint density at radius 3 is 2.40 bits per heavy atom. The van der Waals surface area contributed by atoms with Gasteiger partial charge in [0.15, 0.2) is 0 Å². The molecule has 4 heteroatoms. The number of anilines is 1. The van der Waals surface area contributed by atoms with Gasteiger partial charge in [0.05, 0.1) is 0 Å². The van der Waals surface area contributed by atoms with E-state index in [1.54, 1.807) is 48.5 Å². The zero-order chi connectivity index (χ0) is 14.2. The number of hydrogen-bond donors (Lipinski definition) is 2. The zero-order valence-corrected chi connectivity index (χ0v) is 10.7. The van der Waals surface area contributed by atoms with Gasteiger partial charge in [-0.1, -0.05) is 42.5 Å². The van der Waals surface area contributed by atoms with Crippen molar-refractivity contribution in [2.75, 3.05) is 5.32 Å². The lowest BCUT2D eigenvalue weighted by molar-refractivity contribution is -0.129. The summed E-state index contributed by atoms with van der Waals surface area (Å²) >= 11 is 0. The van der Waals surface area contributed by atoms with E-state index in [4.69, 9.17) is 0 Å². The first-order valence-corrected chi connectivity index (χ1v) is 6.33. The Balaban J connectivity index is 1.88. The van der Waals surface area contributed by atoms with Crippen LogP contribution in [0, 0.1) is 0 Å². The van der Waals surface area contributed by atoms with Crippen LogP contribution in [0.25, 0.3) is 0 Å². The molecule has 1 aliphatic carbocycles. The Bertz CT molecular complexity index is 681. The lowest BCUT2D eigenvalue weighted by Crippen LogP contribution is -2.48. The van der Waals surface area contributed by atoms with Gasteiger partial charge < -0.3 is 10.4 Å². The molecule has 1 aliphatic rings. The monoisotopic (exact) mass is 267 g/mol.